The average Bonchev–Trinajstić information content (AvgIpc) is 3.41. The first-order valence-electron chi connectivity index (χ1n) is 13.3. The normalized spacial score (nSPS) is 18.7. The molecule has 8 heteroatoms. The highest BCUT2D eigenvalue weighted by molar-refractivity contribution is 5.45. The summed E-state index contributed by atoms with van der Waals surface area (Å²) in [6, 6.07) is 17.4. The van der Waals surface area contributed by atoms with Crippen LogP contribution in [0, 0.1) is 0 Å². The SMILES string of the molecule is COc1ccc(C(c2nnnn2CCc2ccccc2)N2CCN(C3CCCCC3)CC2)cc1OC. The molecule has 8 nitrogen and oxygen atoms in total. The summed E-state index contributed by atoms with van der Waals surface area (Å²) in [5, 5.41) is 13.1. The van der Waals surface area contributed by atoms with E-state index in [0.29, 0.717) is 0 Å². The van der Waals surface area contributed by atoms with E-state index in [2.05, 4.69) is 61.7 Å². The van der Waals surface area contributed by atoms with Gasteiger partial charge in [-0.05, 0) is 52.9 Å². The van der Waals surface area contributed by atoms with Crippen LogP contribution in [-0.4, -0.2) is 76.4 Å². The molecule has 1 aromatic heterocycles. The predicted octanol–water partition coefficient (Wildman–Crippen LogP) is 3.97. The number of rotatable bonds is 9. The van der Waals surface area contributed by atoms with Crippen molar-refractivity contribution in [1.29, 1.82) is 0 Å². The van der Waals surface area contributed by atoms with Gasteiger partial charge in [0.2, 0.25) is 0 Å². The van der Waals surface area contributed by atoms with Gasteiger partial charge in [-0.2, -0.15) is 0 Å². The molecule has 0 spiro atoms. The van der Waals surface area contributed by atoms with Crippen molar-refractivity contribution in [3.8, 4) is 11.5 Å². The van der Waals surface area contributed by atoms with Gasteiger partial charge in [0.25, 0.3) is 0 Å². The topological polar surface area (TPSA) is 68.5 Å². The van der Waals surface area contributed by atoms with Gasteiger partial charge in [-0.3, -0.25) is 9.80 Å². The number of tetrazole rings is 1. The minimum absolute atomic E-state index is 0.0518. The van der Waals surface area contributed by atoms with Gasteiger partial charge in [-0.25, -0.2) is 4.68 Å². The second-order valence-electron chi connectivity index (χ2n) is 9.88. The van der Waals surface area contributed by atoms with Crippen molar-refractivity contribution in [1.82, 2.24) is 30.0 Å². The Balaban J connectivity index is 1.40. The van der Waals surface area contributed by atoms with Crippen molar-refractivity contribution in [3.05, 3.63) is 65.5 Å². The van der Waals surface area contributed by atoms with Gasteiger partial charge >= 0.3 is 0 Å². The number of piperazine rings is 1. The van der Waals surface area contributed by atoms with E-state index in [1.165, 1.54) is 37.7 Å². The van der Waals surface area contributed by atoms with E-state index in [1.54, 1.807) is 14.2 Å². The number of benzene rings is 2. The van der Waals surface area contributed by atoms with E-state index in [0.717, 1.165) is 68.1 Å². The molecule has 1 saturated carbocycles. The summed E-state index contributed by atoms with van der Waals surface area (Å²) in [7, 11) is 3.35. The lowest BCUT2D eigenvalue weighted by Crippen LogP contribution is -2.52. The molecule has 0 N–H and O–H groups in total. The molecule has 2 heterocycles. The molecule has 0 bridgehead atoms. The quantitative estimate of drug-likeness (QED) is 0.450. The van der Waals surface area contributed by atoms with Crippen LogP contribution in [0.25, 0.3) is 0 Å². The highest BCUT2D eigenvalue weighted by Crippen LogP contribution is 2.35. The number of aromatic nitrogens is 4. The van der Waals surface area contributed by atoms with Crippen molar-refractivity contribution in [2.45, 2.75) is 57.2 Å². The van der Waals surface area contributed by atoms with Crippen molar-refractivity contribution in [2.75, 3.05) is 40.4 Å². The molecular formula is C28H38N6O2. The number of hydrogen-bond acceptors (Lipinski definition) is 7. The third-order valence-electron chi connectivity index (χ3n) is 7.79. The van der Waals surface area contributed by atoms with Gasteiger partial charge < -0.3 is 9.47 Å². The lowest BCUT2D eigenvalue weighted by molar-refractivity contribution is 0.0619. The van der Waals surface area contributed by atoms with E-state index in [4.69, 9.17) is 9.47 Å². The largest absolute Gasteiger partial charge is 0.493 e. The van der Waals surface area contributed by atoms with E-state index < -0.39 is 0 Å². The molecule has 2 aromatic carbocycles. The third-order valence-corrected chi connectivity index (χ3v) is 7.79. The molecule has 5 rings (SSSR count). The van der Waals surface area contributed by atoms with Crippen LogP contribution in [-0.2, 0) is 13.0 Å². The Bertz CT molecular complexity index is 1090. The maximum absolute atomic E-state index is 5.65. The van der Waals surface area contributed by atoms with E-state index in [9.17, 15) is 0 Å². The Labute approximate surface area is 214 Å². The lowest BCUT2D eigenvalue weighted by Gasteiger charge is -2.43. The number of ether oxygens (including phenoxy) is 2. The molecule has 3 aromatic rings. The molecule has 36 heavy (non-hydrogen) atoms. The summed E-state index contributed by atoms with van der Waals surface area (Å²) in [6.45, 7) is 4.88. The molecule has 1 aliphatic heterocycles. The van der Waals surface area contributed by atoms with Crippen LogP contribution in [0.5, 0.6) is 11.5 Å². The Kier molecular flexibility index (Phi) is 8.13. The first kappa shape index (κ1) is 24.7. The van der Waals surface area contributed by atoms with Crippen LogP contribution < -0.4 is 9.47 Å². The van der Waals surface area contributed by atoms with Gasteiger partial charge in [0, 0.05) is 38.8 Å². The van der Waals surface area contributed by atoms with Gasteiger partial charge in [0.15, 0.2) is 17.3 Å². The predicted molar refractivity (Wildman–Crippen MR) is 139 cm³/mol. The minimum Gasteiger partial charge on any atom is -0.493 e. The van der Waals surface area contributed by atoms with Crippen LogP contribution in [0.1, 0.15) is 55.1 Å². The molecule has 1 unspecified atom stereocenters. The van der Waals surface area contributed by atoms with Gasteiger partial charge in [-0.15, -0.1) is 5.10 Å². The van der Waals surface area contributed by atoms with Crippen LogP contribution in [0.15, 0.2) is 48.5 Å². The third kappa shape index (κ3) is 5.55. The molecule has 0 radical (unpaired) electrons. The molecule has 0 amide bonds. The van der Waals surface area contributed by atoms with E-state index in [1.807, 2.05) is 16.8 Å². The summed E-state index contributed by atoms with van der Waals surface area (Å²) >= 11 is 0. The minimum atomic E-state index is -0.0518. The first-order chi connectivity index (χ1) is 17.8. The summed E-state index contributed by atoms with van der Waals surface area (Å²) in [4.78, 5) is 5.24. The maximum Gasteiger partial charge on any atom is 0.173 e. The Morgan fingerprint density at radius 3 is 2.36 bits per heavy atom. The van der Waals surface area contributed by atoms with Crippen molar-refractivity contribution in [2.24, 2.45) is 0 Å². The Morgan fingerprint density at radius 2 is 1.64 bits per heavy atom. The van der Waals surface area contributed by atoms with Crippen molar-refractivity contribution < 1.29 is 9.47 Å². The number of aryl methyl sites for hydroxylation is 2. The van der Waals surface area contributed by atoms with Crippen LogP contribution in [0.4, 0.5) is 0 Å². The molecule has 1 aliphatic carbocycles. The second kappa shape index (κ2) is 11.8. The molecule has 1 atom stereocenters. The number of hydrogen-bond donors (Lipinski definition) is 0. The van der Waals surface area contributed by atoms with Crippen molar-refractivity contribution in [3.63, 3.8) is 0 Å². The highest BCUT2D eigenvalue weighted by atomic mass is 16.5. The first-order valence-corrected chi connectivity index (χ1v) is 13.3. The standard InChI is InChI=1S/C28H38N6O2/c1-35-25-14-13-23(21-26(25)36-2)27(33-19-17-32(18-20-33)24-11-7-4-8-12-24)28-29-30-31-34(28)16-15-22-9-5-3-6-10-22/h3,5-6,9-10,13-14,21,24,27H,4,7-8,11-12,15-20H2,1-2H3. The smallest absolute Gasteiger partial charge is 0.173 e. The zero-order valence-electron chi connectivity index (χ0n) is 21.6. The second-order valence-corrected chi connectivity index (χ2v) is 9.88. The van der Waals surface area contributed by atoms with Crippen LogP contribution in [0.3, 0.4) is 0 Å². The van der Waals surface area contributed by atoms with Gasteiger partial charge in [0.05, 0.1) is 20.3 Å². The molecule has 2 fully saturated rings. The van der Waals surface area contributed by atoms with Crippen molar-refractivity contribution >= 4 is 0 Å². The number of nitrogens with zero attached hydrogens (tertiary/aromatic N) is 6. The van der Waals surface area contributed by atoms with Crippen LogP contribution >= 0.6 is 0 Å². The average molecular weight is 491 g/mol. The zero-order valence-corrected chi connectivity index (χ0v) is 21.6. The highest BCUT2D eigenvalue weighted by Gasteiger charge is 2.33. The fraction of sp³-hybridized carbons (Fsp3) is 0.536. The maximum atomic E-state index is 5.65. The molecule has 2 aliphatic rings. The summed E-state index contributed by atoms with van der Waals surface area (Å²) in [6.07, 6.45) is 7.70. The molecule has 192 valence electrons. The summed E-state index contributed by atoms with van der Waals surface area (Å²) < 4.78 is 13.1. The summed E-state index contributed by atoms with van der Waals surface area (Å²) in [5.74, 6) is 2.33. The van der Waals surface area contributed by atoms with E-state index >= 15 is 0 Å². The summed E-state index contributed by atoms with van der Waals surface area (Å²) in [5.41, 5.74) is 2.40. The Hall–Kier alpha value is -2.97. The Morgan fingerprint density at radius 1 is 0.889 bits per heavy atom. The van der Waals surface area contributed by atoms with Gasteiger partial charge in [0.1, 0.15) is 0 Å². The van der Waals surface area contributed by atoms with Gasteiger partial charge in [-0.1, -0.05) is 55.7 Å². The lowest BCUT2D eigenvalue weighted by atomic mass is 9.93. The fourth-order valence-corrected chi connectivity index (χ4v) is 5.80. The molecule has 1 saturated heterocycles. The molecular weight excluding hydrogens is 452 g/mol. The fourth-order valence-electron chi connectivity index (χ4n) is 5.80. The zero-order chi connectivity index (χ0) is 24.7. The number of methoxy groups -OCH3 is 2. The van der Waals surface area contributed by atoms with E-state index in [-0.39, 0.29) is 6.04 Å². The van der Waals surface area contributed by atoms with Crippen LogP contribution in [0.2, 0.25) is 0 Å². The monoisotopic (exact) mass is 490 g/mol.